The Bertz CT molecular complexity index is 171. The lowest BCUT2D eigenvalue weighted by Gasteiger charge is -2.15. The standard InChI is InChI=1S/C6H14N4O2/c1-5(11)4-9-6(12)10(8)3-2-7/h2-4,7-8H2,1H3,(H,9,12). The Hall–Kier alpha value is -1.14. The van der Waals surface area contributed by atoms with Crippen molar-refractivity contribution in [2.75, 3.05) is 19.6 Å². The number of amides is 2. The van der Waals surface area contributed by atoms with E-state index in [1.165, 1.54) is 6.92 Å². The molecule has 0 aromatic heterocycles. The molecule has 0 aliphatic heterocycles. The van der Waals surface area contributed by atoms with Gasteiger partial charge in [-0.25, -0.2) is 10.6 Å². The van der Waals surface area contributed by atoms with Gasteiger partial charge in [0.2, 0.25) is 0 Å². The van der Waals surface area contributed by atoms with E-state index in [4.69, 9.17) is 11.6 Å². The van der Waals surface area contributed by atoms with Crippen molar-refractivity contribution in [2.24, 2.45) is 11.6 Å². The Kier molecular flexibility index (Phi) is 4.98. The zero-order valence-corrected chi connectivity index (χ0v) is 7.04. The maximum absolute atomic E-state index is 10.9. The summed E-state index contributed by atoms with van der Waals surface area (Å²) in [6.07, 6.45) is 0. The van der Waals surface area contributed by atoms with Crippen molar-refractivity contribution in [3.63, 3.8) is 0 Å². The van der Waals surface area contributed by atoms with E-state index in [0.29, 0.717) is 6.54 Å². The molecule has 0 aromatic rings. The Labute approximate surface area is 70.8 Å². The van der Waals surface area contributed by atoms with E-state index in [-0.39, 0.29) is 18.9 Å². The number of carbonyl (C=O) groups excluding carboxylic acids is 2. The molecule has 0 unspecified atom stereocenters. The first-order chi connectivity index (χ1) is 5.57. The average Bonchev–Trinajstić information content (AvgIpc) is 2.00. The van der Waals surface area contributed by atoms with E-state index in [9.17, 15) is 9.59 Å². The second kappa shape index (κ2) is 5.50. The number of urea groups is 1. The Balaban J connectivity index is 3.64. The van der Waals surface area contributed by atoms with Gasteiger partial charge in [0.05, 0.1) is 13.1 Å². The first-order valence-electron chi connectivity index (χ1n) is 3.57. The van der Waals surface area contributed by atoms with E-state index in [1.807, 2.05) is 0 Å². The van der Waals surface area contributed by atoms with Crippen LogP contribution < -0.4 is 16.9 Å². The van der Waals surface area contributed by atoms with Crippen molar-refractivity contribution >= 4 is 11.8 Å². The van der Waals surface area contributed by atoms with Gasteiger partial charge in [0.15, 0.2) is 0 Å². The Morgan fingerprint density at radius 1 is 1.50 bits per heavy atom. The van der Waals surface area contributed by atoms with Gasteiger partial charge in [-0.05, 0) is 6.92 Å². The highest BCUT2D eigenvalue weighted by Crippen LogP contribution is 1.77. The second-order valence-corrected chi connectivity index (χ2v) is 2.34. The summed E-state index contributed by atoms with van der Waals surface area (Å²) >= 11 is 0. The highest BCUT2D eigenvalue weighted by Gasteiger charge is 2.07. The Morgan fingerprint density at radius 3 is 2.50 bits per heavy atom. The highest BCUT2D eigenvalue weighted by atomic mass is 16.2. The molecule has 70 valence electrons. The van der Waals surface area contributed by atoms with Gasteiger partial charge in [-0.3, -0.25) is 9.80 Å². The number of rotatable bonds is 4. The molecule has 6 heteroatoms. The van der Waals surface area contributed by atoms with Crippen molar-refractivity contribution in [3.8, 4) is 0 Å². The average molecular weight is 174 g/mol. The van der Waals surface area contributed by atoms with Crippen LogP contribution in [0.4, 0.5) is 4.79 Å². The highest BCUT2D eigenvalue weighted by molar-refractivity contribution is 5.83. The van der Waals surface area contributed by atoms with Crippen molar-refractivity contribution in [1.29, 1.82) is 0 Å². The van der Waals surface area contributed by atoms with Gasteiger partial charge < -0.3 is 11.1 Å². The zero-order valence-electron chi connectivity index (χ0n) is 7.04. The molecule has 2 amide bonds. The van der Waals surface area contributed by atoms with Crippen molar-refractivity contribution in [2.45, 2.75) is 6.92 Å². The van der Waals surface area contributed by atoms with E-state index in [2.05, 4.69) is 5.32 Å². The third-order valence-corrected chi connectivity index (χ3v) is 1.12. The maximum atomic E-state index is 10.9. The molecule has 0 saturated carbocycles. The summed E-state index contributed by atoms with van der Waals surface area (Å²) in [5.74, 6) is 5.12. The SMILES string of the molecule is CC(=O)CNC(=O)N(N)CCN. The van der Waals surface area contributed by atoms with Crippen LogP contribution in [0.1, 0.15) is 6.92 Å². The number of hydrogen-bond donors (Lipinski definition) is 3. The van der Waals surface area contributed by atoms with E-state index < -0.39 is 6.03 Å². The topological polar surface area (TPSA) is 101 Å². The minimum atomic E-state index is -0.490. The number of carbonyl (C=O) groups is 2. The molecule has 0 saturated heterocycles. The molecule has 0 aromatic carbocycles. The van der Waals surface area contributed by atoms with Crippen molar-refractivity contribution < 1.29 is 9.59 Å². The first-order valence-corrected chi connectivity index (χ1v) is 3.57. The van der Waals surface area contributed by atoms with E-state index in [1.54, 1.807) is 0 Å². The summed E-state index contributed by atoms with van der Waals surface area (Å²) in [6.45, 7) is 1.94. The first kappa shape index (κ1) is 10.9. The summed E-state index contributed by atoms with van der Waals surface area (Å²) in [4.78, 5) is 21.3. The zero-order chi connectivity index (χ0) is 9.56. The molecule has 0 radical (unpaired) electrons. The van der Waals surface area contributed by atoms with Gasteiger partial charge in [-0.2, -0.15) is 0 Å². The summed E-state index contributed by atoms with van der Waals surface area (Å²) in [5, 5.41) is 3.26. The van der Waals surface area contributed by atoms with Crippen LogP contribution in [0.15, 0.2) is 0 Å². The van der Waals surface area contributed by atoms with Crippen LogP contribution in [0.25, 0.3) is 0 Å². The quantitative estimate of drug-likeness (QED) is 0.272. The molecule has 0 aliphatic rings. The predicted octanol–water partition coefficient (Wildman–Crippen LogP) is -1.58. The van der Waals surface area contributed by atoms with Gasteiger partial charge in [0.1, 0.15) is 5.78 Å². The van der Waals surface area contributed by atoms with Crippen molar-refractivity contribution in [1.82, 2.24) is 10.3 Å². The fraction of sp³-hybridized carbons (Fsp3) is 0.667. The van der Waals surface area contributed by atoms with Gasteiger partial charge in [-0.15, -0.1) is 0 Å². The van der Waals surface area contributed by atoms with Crippen LogP contribution in [0.2, 0.25) is 0 Å². The van der Waals surface area contributed by atoms with Gasteiger partial charge in [0, 0.05) is 6.54 Å². The summed E-state index contributed by atoms with van der Waals surface area (Å²) in [5.41, 5.74) is 5.15. The lowest BCUT2D eigenvalue weighted by molar-refractivity contribution is -0.116. The third kappa shape index (κ3) is 4.64. The molecular formula is C6H14N4O2. The number of Topliss-reactive ketones (excluding diaryl/α,β-unsaturated/α-hetero) is 1. The lowest BCUT2D eigenvalue weighted by atomic mass is 10.4. The van der Waals surface area contributed by atoms with Crippen LogP contribution in [0.3, 0.4) is 0 Å². The van der Waals surface area contributed by atoms with E-state index >= 15 is 0 Å². The molecule has 0 spiro atoms. The molecule has 5 N–H and O–H groups in total. The van der Waals surface area contributed by atoms with E-state index in [0.717, 1.165) is 5.01 Å². The molecule has 0 fully saturated rings. The fourth-order valence-electron chi connectivity index (χ4n) is 0.542. The molecule has 6 nitrogen and oxygen atoms in total. The van der Waals surface area contributed by atoms with Crippen LogP contribution in [-0.2, 0) is 4.79 Å². The summed E-state index contributed by atoms with van der Waals surface area (Å²) in [7, 11) is 0. The molecule has 0 aliphatic carbocycles. The number of nitrogens with zero attached hydrogens (tertiary/aromatic N) is 1. The normalized spacial score (nSPS) is 9.25. The van der Waals surface area contributed by atoms with Gasteiger partial charge in [-0.1, -0.05) is 0 Å². The second-order valence-electron chi connectivity index (χ2n) is 2.34. The Morgan fingerprint density at radius 2 is 2.08 bits per heavy atom. The van der Waals surface area contributed by atoms with Gasteiger partial charge in [0.25, 0.3) is 0 Å². The largest absolute Gasteiger partial charge is 0.331 e. The lowest BCUT2D eigenvalue weighted by Crippen LogP contribution is -2.47. The fourth-order valence-corrected chi connectivity index (χ4v) is 0.542. The molecule has 0 heterocycles. The molecule has 12 heavy (non-hydrogen) atoms. The number of hydrogen-bond acceptors (Lipinski definition) is 4. The summed E-state index contributed by atoms with van der Waals surface area (Å²) in [6, 6.07) is -0.490. The smallest absolute Gasteiger partial charge is 0.330 e. The van der Waals surface area contributed by atoms with Gasteiger partial charge >= 0.3 is 6.03 Å². The minimum absolute atomic E-state index is 0.00287. The molecular weight excluding hydrogens is 160 g/mol. The maximum Gasteiger partial charge on any atom is 0.331 e. The number of hydrazine groups is 1. The van der Waals surface area contributed by atoms with Crippen LogP contribution in [0.5, 0.6) is 0 Å². The van der Waals surface area contributed by atoms with Crippen LogP contribution in [0, 0.1) is 0 Å². The number of nitrogens with two attached hydrogens (primary N) is 2. The molecule has 0 bridgehead atoms. The van der Waals surface area contributed by atoms with Crippen LogP contribution in [-0.4, -0.2) is 36.5 Å². The third-order valence-electron chi connectivity index (χ3n) is 1.12. The predicted molar refractivity (Wildman–Crippen MR) is 44.0 cm³/mol. The molecule has 0 atom stereocenters. The van der Waals surface area contributed by atoms with Crippen molar-refractivity contribution in [3.05, 3.63) is 0 Å². The number of nitrogens with one attached hydrogen (secondary N) is 1. The summed E-state index contributed by atoms with van der Waals surface area (Å²) < 4.78 is 0. The number of ketones is 1. The minimum Gasteiger partial charge on any atom is -0.330 e. The monoisotopic (exact) mass is 174 g/mol. The van der Waals surface area contributed by atoms with Crippen LogP contribution >= 0.6 is 0 Å². The molecule has 0 rings (SSSR count).